The van der Waals surface area contributed by atoms with Gasteiger partial charge in [0.2, 0.25) is 0 Å². The second-order valence-corrected chi connectivity index (χ2v) is 9.12. The van der Waals surface area contributed by atoms with Crippen LogP contribution in [0.4, 0.5) is 15.2 Å². The first kappa shape index (κ1) is 23.8. The van der Waals surface area contributed by atoms with Crippen molar-refractivity contribution in [2.75, 3.05) is 25.5 Å². The summed E-state index contributed by atoms with van der Waals surface area (Å²) in [4.78, 5) is 19.0. The van der Waals surface area contributed by atoms with E-state index in [-0.39, 0.29) is 12.2 Å². The number of nitrogens with two attached hydrogens (primary N) is 1. The highest BCUT2D eigenvalue weighted by molar-refractivity contribution is 7.19. The lowest BCUT2D eigenvalue weighted by molar-refractivity contribution is 0.0782. The molecule has 0 saturated carbocycles. The molecule has 0 atom stereocenters. The van der Waals surface area contributed by atoms with Crippen molar-refractivity contribution in [1.29, 1.82) is 0 Å². The minimum absolute atomic E-state index is 0.0573. The third-order valence-electron chi connectivity index (χ3n) is 4.90. The van der Waals surface area contributed by atoms with E-state index in [1.165, 1.54) is 17.4 Å². The summed E-state index contributed by atoms with van der Waals surface area (Å²) in [6.45, 7) is 4.30. The average molecular weight is 459 g/mol. The minimum atomic E-state index is -1.16. The monoisotopic (exact) mass is 458 g/mol. The summed E-state index contributed by atoms with van der Waals surface area (Å²) < 4.78 is 14.8. The topological polar surface area (TPSA) is 112 Å². The molecule has 0 aliphatic carbocycles. The van der Waals surface area contributed by atoms with Crippen LogP contribution in [0.2, 0.25) is 0 Å². The predicted octanol–water partition coefficient (Wildman–Crippen LogP) is 3.44. The summed E-state index contributed by atoms with van der Waals surface area (Å²) in [6, 6.07) is 11.6. The number of aliphatic hydroxyl groups is 2. The number of nitrogens with zero attached hydrogens (tertiary/aromatic N) is 2. The molecule has 0 radical (unpaired) electrons. The van der Waals surface area contributed by atoms with E-state index in [1.54, 1.807) is 38.1 Å². The molecule has 2 aromatic heterocycles. The van der Waals surface area contributed by atoms with Crippen molar-refractivity contribution in [3.8, 4) is 10.4 Å². The number of pyridine rings is 1. The van der Waals surface area contributed by atoms with Gasteiger partial charge in [-0.1, -0.05) is 18.2 Å². The van der Waals surface area contributed by atoms with E-state index in [4.69, 9.17) is 10.8 Å². The molecule has 2 heterocycles. The van der Waals surface area contributed by atoms with Gasteiger partial charge in [-0.3, -0.25) is 9.69 Å². The number of amides is 1. The fraction of sp³-hybridized carbons (Fsp3) is 0.304. The Bertz CT molecular complexity index is 1110. The van der Waals surface area contributed by atoms with Crippen LogP contribution in [0.1, 0.15) is 35.5 Å². The predicted molar refractivity (Wildman–Crippen MR) is 124 cm³/mol. The first-order chi connectivity index (χ1) is 15.1. The molecule has 0 spiro atoms. The zero-order chi connectivity index (χ0) is 23.5. The molecule has 9 heteroatoms. The lowest BCUT2D eigenvalue weighted by Crippen LogP contribution is -2.22. The second-order valence-electron chi connectivity index (χ2n) is 8.07. The highest BCUT2D eigenvalue weighted by Gasteiger charge is 2.21. The summed E-state index contributed by atoms with van der Waals surface area (Å²) in [5, 5.41) is 22.8. The van der Waals surface area contributed by atoms with E-state index in [9.17, 15) is 14.3 Å². The van der Waals surface area contributed by atoms with E-state index in [2.05, 4.69) is 10.3 Å². The number of hydrogen-bond donors (Lipinski definition) is 4. The molecule has 0 fully saturated rings. The fourth-order valence-electron chi connectivity index (χ4n) is 3.18. The number of benzene rings is 1. The molecule has 1 aromatic carbocycles. The van der Waals surface area contributed by atoms with Gasteiger partial charge in [0.1, 0.15) is 16.6 Å². The lowest BCUT2D eigenvalue weighted by Gasteiger charge is -2.18. The summed E-state index contributed by atoms with van der Waals surface area (Å²) in [7, 11) is 1.88. The summed E-state index contributed by atoms with van der Waals surface area (Å²) in [5.41, 5.74) is 6.18. The maximum absolute atomic E-state index is 14.8. The van der Waals surface area contributed by atoms with Crippen LogP contribution in [-0.4, -0.2) is 46.2 Å². The number of likely N-dealkylation sites (N-methyl/N-ethyl adjacent to an activating group) is 1. The van der Waals surface area contributed by atoms with Gasteiger partial charge in [0.05, 0.1) is 23.5 Å². The number of halogens is 1. The van der Waals surface area contributed by atoms with Gasteiger partial charge in [-0.2, -0.15) is 0 Å². The molecule has 0 saturated heterocycles. The number of thiophene rings is 1. The van der Waals surface area contributed by atoms with Crippen LogP contribution in [0.5, 0.6) is 0 Å². The second kappa shape index (κ2) is 9.74. The molecule has 5 N–H and O–H groups in total. The number of carbonyl (C=O) groups is 1. The Morgan fingerprint density at radius 1 is 1.28 bits per heavy atom. The van der Waals surface area contributed by atoms with Crippen LogP contribution in [-0.2, 0) is 12.1 Å². The van der Waals surface area contributed by atoms with E-state index in [0.29, 0.717) is 39.9 Å². The number of rotatable bonds is 9. The SMILES string of the molecule is CN(CCO)Cc1cccc(Nc2sc(-c3ccc(C(C)(C)O)cc3F)cc2C(N)=O)n1. The molecule has 7 nitrogen and oxygen atoms in total. The Labute approximate surface area is 190 Å². The smallest absolute Gasteiger partial charge is 0.251 e. The number of aromatic nitrogens is 1. The minimum Gasteiger partial charge on any atom is -0.395 e. The highest BCUT2D eigenvalue weighted by Crippen LogP contribution is 2.38. The molecule has 0 bridgehead atoms. The van der Waals surface area contributed by atoms with E-state index < -0.39 is 17.3 Å². The van der Waals surface area contributed by atoms with E-state index in [0.717, 1.165) is 5.69 Å². The Balaban J connectivity index is 1.90. The maximum Gasteiger partial charge on any atom is 0.251 e. The Kier molecular flexibility index (Phi) is 7.25. The van der Waals surface area contributed by atoms with Gasteiger partial charge in [-0.05, 0) is 50.7 Å². The van der Waals surface area contributed by atoms with Crippen LogP contribution in [0, 0.1) is 5.82 Å². The molecule has 1 amide bonds. The number of aliphatic hydroxyl groups excluding tert-OH is 1. The summed E-state index contributed by atoms with van der Waals surface area (Å²) >= 11 is 1.19. The van der Waals surface area contributed by atoms with Crippen LogP contribution in [0.3, 0.4) is 0 Å². The largest absolute Gasteiger partial charge is 0.395 e. The maximum atomic E-state index is 14.8. The first-order valence-electron chi connectivity index (χ1n) is 10.1. The van der Waals surface area contributed by atoms with Crippen molar-refractivity contribution < 1.29 is 19.4 Å². The van der Waals surface area contributed by atoms with E-state index in [1.807, 2.05) is 24.1 Å². The van der Waals surface area contributed by atoms with Crippen molar-refractivity contribution in [3.63, 3.8) is 0 Å². The van der Waals surface area contributed by atoms with Crippen molar-refractivity contribution in [2.24, 2.45) is 5.73 Å². The number of primary amides is 1. The molecule has 3 aromatic rings. The standard InChI is InChI=1S/C23H27FN4O3S/c1-23(2,31)14-7-8-16(18(24)11-14)19-12-17(21(25)30)22(32-19)27-20-6-4-5-15(26-20)13-28(3)9-10-29/h4-8,11-12,29,31H,9-10,13H2,1-3H3,(H2,25,30)(H,26,27). The summed E-state index contributed by atoms with van der Waals surface area (Å²) in [5.74, 6) is -0.614. The molecule has 3 rings (SSSR count). The van der Waals surface area contributed by atoms with Crippen LogP contribution >= 0.6 is 11.3 Å². The molecule has 0 aliphatic heterocycles. The fourth-order valence-corrected chi connectivity index (χ4v) is 4.27. The van der Waals surface area contributed by atoms with Crippen LogP contribution in [0.25, 0.3) is 10.4 Å². The summed E-state index contributed by atoms with van der Waals surface area (Å²) in [6.07, 6.45) is 0. The van der Waals surface area contributed by atoms with Gasteiger partial charge in [-0.15, -0.1) is 11.3 Å². The van der Waals surface area contributed by atoms with Crippen LogP contribution < -0.4 is 11.1 Å². The van der Waals surface area contributed by atoms with Gasteiger partial charge in [0.25, 0.3) is 5.91 Å². The van der Waals surface area contributed by atoms with Gasteiger partial charge in [0.15, 0.2) is 0 Å². The number of hydrogen-bond acceptors (Lipinski definition) is 7. The van der Waals surface area contributed by atoms with E-state index >= 15 is 0 Å². The number of nitrogens with one attached hydrogen (secondary N) is 1. The van der Waals surface area contributed by atoms with Crippen LogP contribution in [0.15, 0.2) is 42.5 Å². The third kappa shape index (κ3) is 5.68. The molecular formula is C23H27FN4O3S. The van der Waals surface area contributed by atoms with Crippen molar-refractivity contribution in [3.05, 3.63) is 65.1 Å². The molecule has 0 aliphatic rings. The average Bonchev–Trinajstić information content (AvgIpc) is 3.11. The van der Waals surface area contributed by atoms with Gasteiger partial charge < -0.3 is 21.3 Å². The number of carbonyl (C=O) groups excluding carboxylic acids is 1. The zero-order valence-electron chi connectivity index (χ0n) is 18.2. The van der Waals surface area contributed by atoms with Crippen molar-refractivity contribution >= 4 is 28.1 Å². The third-order valence-corrected chi connectivity index (χ3v) is 5.98. The Morgan fingerprint density at radius 3 is 2.66 bits per heavy atom. The Hall–Kier alpha value is -2.85. The number of anilines is 2. The van der Waals surface area contributed by atoms with Gasteiger partial charge in [0, 0.05) is 23.5 Å². The molecule has 0 unspecified atom stereocenters. The zero-order valence-corrected chi connectivity index (χ0v) is 19.0. The highest BCUT2D eigenvalue weighted by atomic mass is 32.1. The van der Waals surface area contributed by atoms with Gasteiger partial charge in [-0.25, -0.2) is 9.37 Å². The molecule has 170 valence electrons. The Morgan fingerprint density at radius 2 is 2.03 bits per heavy atom. The quantitative estimate of drug-likeness (QED) is 0.391. The van der Waals surface area contributed by atoms with Gasteiger partial charge >= 0.3 is 0 Å². The normalized spacial score (nSPS) is 11.7. The van der Waals surface area contributed by atoms with Crippen molar-refractivity contribution in [1.82, 2.24) is 9.88 Å². The van der Waals surface area contributed by atoms with Crippen molar-refractivity contribution in [2.45, 2.75) is 26.0 Å². The molecular weight excluding hydrogens is 431 g/mol. The lowest BCUT2D eigenvalue weighted by atomic mass is 9.96. The first-order valence-corrected chi connectivity index (χ1v) is 10.9. The molecule has 32 heavy (non-hydrogen) atoms.